The first-order valence-corrected chi connectivity index (χ1v) is 8.99. The molecule has 1 aliphatic heterocycles. The minimum absolute atomic E-state index is 0.0685. The summed E-state index contributed by atoms with van der Waals surface area (Å²) in [7, 11) is 2.29. The van der Waals surface area contributed by atoms with Gasteiger partial charge in [-0.3, -0.25) is 0 Å². The maximum atomic E-state index is 5.59. The van der Waals surface area contributed by atoms with Crippen molar-refractivity contribution in [3.63, 3.8) is 0 Å². The maximum Gasteiger partial charge on any atom is 0.183 e. The summed E-state index contributed by atoms with van der Waals surface area (Å²) in [5.74, 6) is 0. The third kappa shape index (κ3) is 3.25. The summed E-state index contributed by atoms with van der Waals surface area (Å²) in [5, 5.41) is 1.32. The van der Waals surface area contributed by atoms with Gasteiger partial charge in [-0.25, -0.2) is 0 Å². The number of hydrogen-bond donors (Lipinski definition) is 1. The van der Waals surface area contributed by atoms with Crippen LogP contribution in [0.1, 0.15) is 25.1 Å². The van der Waals surface area contributed by atoms with E-state index in [1.807, 2.05) is 6.08 Å². The van der Waals surface area contributed by atoms with E-state index in [1.54, 1.807) is 0 Å². The maximum absolute atomic E-state index is 5.59. The second-order valence-corrected chi connectivity index (χ2v) is 8.36. The van der Waals surface area contributed by atoms with Crippen LogP contribution >= 0.6 is 15.9 Å². The summed E-state index contributed by atoms with van der Waals surface area (Å²) in [4.78, 5) is 3.64. The van der Waals surface area contributed by atoms with E-state index in [2.05, 4.69) is 66.6 Å². The summed E-state index contributed by atoms with van der Waals surface area (Å²) in [6, 6.07) is 6.50. The third-order valence-electron chi connectivity index (χ3n) is 5.10. The number of aromatic amines is 1. The highest BCUT2D eigenvalue weighted by Gasteiger charge is 2.30. The standard InChI is InChI=1S/C19H26BrN2O/c1-5-19(2,3)18-16(8-9-22(4)10-11-23-13-22)15-7-6-14(20)12-17(15)21-18/h5-7,12,21H,1,8-11,13H2,2-4H3/q+1. The Bertz CT molecular complexity index is 726. The monoisotopic (exact) mass is 377 g/mol. The van der Waals surface area contributed by atoms with Crippen LogP contribution in [0.15, 0.2) is 35.3 Å². The molecule has 1 aromatic heterocycles. The van der Waals surface area contributed by atoms with Crippen molar-refractivity contribution in [2.24, 2.45) is 0 Å². The molecule has 124 valence electrons. The van der Waals surface area contributed by atoms with Crippen molar-refractivity contribution in [1.82, 2.24) is 4.98 Å². The van der Waals surface area contributed by atoms with Gasteiger partial charge >= 0.3 is 0 Å². The first-order valence-electron chi connectivity index (χ1n) is 8.20. The zero-order chi connectivity index (χ0) is 16.7. The normalized spacial score (nSPS) is 21.9. The average Bonchev–Trinajstić information content (AvgIpc) is 3.09. The number of rotatable bonds is 5. The molecule has 0 amide bonds. The molecule has 23 heavy (non-hydrogen) atoms. The number of nitrogens with zero attached hydrogens (tertiary/aromatic N) is 1. The van der Waals surface area contributed by atoms with Gasteiger partial charge in [-0.1, -0.05) is 41.9 Å². The highest BCUT2D eigenvalue weighted by atomic mass is 79.9. The fraction of sp³-hybridized carbons (Fsp3) is 0.474. The summed E-state index contributed by atoms with van der Waals surface area (Å²) in [5.41, 5.74) is 3.83. The molecule has 3 rings (SSSR count). The Labute approximate surface area is 147 Å². The van der Waals surface area contributed by atoms with Gasteiger partial charge in [0, 0.05) is 32.9 Å². The van der Waals surface area contributed by atoms with Gasteiger partial charge in [0.25, 0.3) is 0 Å². The van der Waals surface area contributed by atoms with Crippen LogP contribution < -0.4 is 0 Å². The van der Waals surface area contributed by atoms with Crippen molar-refractivity contribution in [3.8, 4) is 0 Å². The number of nitrogens with one attached hydrogen (secondary N) is 1. The fourth-order valence-electron chi connectivity index (χ4n) is 3.33. The molecule has 0 saturated carbocycles. The second-order valence-electron chi connectivity index (χ2n) is 7.45. The highest BCUT2D eigenvalue weighted by Crippen LogP contribution is 2.34. The molecule has 1 aliphatic rings. The summed E-state index contributed by atoms with van der Waals surface area (Å²) in [6.07, 6.45) is 3.08. The van der Waals surface area contributed by atoms with Gasteiger partial charge in [0.15, 0.2) is 6.73 Å². The molecule has 1 saturated heterocycles. The number of H-pyrrole nitrogens is 1. The molecule has 1 N–H and O–H groups in total. The van der Waals surface area contributed by atoms with E-state index in [4.69, 9.17) is 4.74 Å². The van der Waals surface area contributed by atoms with Crippen LogP contribution in [0.5, 0.6) is 0 Å². The van der Waals surface area contributed by atoms with Gasteiger partial charge in [0.05, 0.1) is 13.6 Å². The van der Waals surface area contributed by atoms with Crippen LogP contribution in [0.2, 0.25) is 0 Å². The number of likely N-dealkylation sites (N-methyl/N-ethyl adjacent to an activating group) is 1. The Hall–Kier alpha value is -1.10. The number of ether oxygens (including phenoxy) is 1. The van der Waals surface area contributed by atoms with E-state index in [0.717, 1.165) is 41.8 Å². The van der Waals surface area contributed by atoms with Gasteiger partial charge in [-0.2, -0.15) is 0 Å². The molecule has 1 unspecified atom stereocenters. The Balaban J connectivity index is 2.01. The van der Waals surface area contributed by atoms with E-state index in [0.29, 0.717) is 0 Å². The number of benzene rings is 1. The van der Waals surface area contributed by atoms with Gasteiger partial charge in [-0.15, -0.1) is 6.58 Å². The molecule has 0 bridgehead atoms. The lowest BCUT2D eigenvalue weighted by atomic mass is 9.86. The predicted molar refractivity (Wildman–Crippen MR) is 99.7 cm³/mol. The largest absolute Gasteiger partial charge is 0.357 e. The number of fused-ring (bicyclic) bond motifs is 1. The van der Waals surface area contributed by atoms with E-state index in [1.165, 1.54) is 22.2 Å². The van der Waals surface area contributed by atoms with Crippen molar-refractivity contribution < 1.29 is 9.22 Å². The van der Waals surface area contributed by atoms with E-state index < -0.39 is 0 Å². The number of quaternary nitrogens is 1. The van der Waals surface area contributed by atoms with Crippen LogP contribution in [-0.2, 0) is 16.6 Å². The van der Waals surface area contributed by atoms with Crippen molar-refractivity contribution >= 4 is 26.8 Å². The molecule has 3 nitrogen and oxygen atoms in total. The molecule has 2 aromatic rings. The summed E-state index contributed by atoms with van der Waals surface area (Å²) >= 11 is 3.58. The van der Waals surface area contributed by atoms with E-state index in [-0.39, 0.29) is 5.41 Å². The third-order valence-corrected chi connectivity index (χ3v) is 5.60. The van der Waals surface area contributed by atoms with Crippen LogP contribution in [0, 0.1) is 0 Å². The minimum Gasteiger partial charge on any atom is -0.357 e. The van der Waals surface area contributed by atoms with Crippen molar-refractivity contribution in [2.45, 2.75) is 25.7 Å². The molecule has 1 fully saturated rings. The number of halogens is 1. The van der Waals surface area contributed by atoms with Crippen molar-refractivity contribution in [3.05, 3.63) is 46.6 Å². The fourth-order valence-corrected chi connectivity index (χ4v) is 3.69. The Kier molecular flexibility index (Phi) is 4.43. The molecular weight excluding hydrogens is 352 g/mol. The average molecular weight is 378 g/mol. The number of aromatic nitrogens is 1. The first-order chi connectivity index (χ1) is 10.8. The molecule has 0 aliphatic carbocycles. The lowest BCUT2D eigenvalue weighted by Crippen LogP contribution is -2.43. The van der Waals surface area contributed by atoms with Gasteiger partial charge in [0.1, 0.15) is 13.2 Å². The Morgan fingerprint density at radius 1 is 1.43 bits per heavy atom. The molecular formula is C19H26BrN2O+. The first kappa shape index (κ1) is 16.7. The van der Waals surface area contributed by atoms with Crippen molar-refractivity contribution in [1.29, 1.82) is 0 Å². The minimum atomic E-state index is -0.0685. The van der Waals surface area contributed by atoms with Gasteiger partial charge in [0.2, 0.25) is 0 Å². The number of hydrogen-bond acceptors (Lipinski definition) is 1. The summed E-state index contributed by atoms with van der Waals surface area (Å²) in [6.45, 7) is 12.4. The van der Waals surface area contributed by atoms with Crippen molar-refractivity contribution in [2.75, 3.05) is 33.5 Å². The Morgan fingerprint density at radius 2 is 2.22 bits per heavy atom. The molecule has 0 radical (unpaired) electrons. The van der Waals surface area contributed by atoms with Crippen LogP contribution in [-0.4, -0.2) is 42.9 Å². The van der Waals surface area contributed by atoms with Gasteiger partial charge in [-0.05, 0) is 17.7 Å². The SMILES string of the molecule is C=CC(C)(C)c1[nH]c2cc(Br)ccc2c1CC[N+]1(C)CCOC1. The molecule has 0 spiro atoms. The zero-order valence-corrected chi connectivity index (χ0v) is 15.9. The quantitative estimate of drug-likeness (QED) is 0.607. The van der Waals surface area contributed by atoms with Crippen LogP contribution in [0.4, 0.5) is 0 Å². The van der Waals surface area contributed by atoms with E-state index in [9.17, 15) is 0 Å². The van der Waals surface area contributed by atoms with Crippen LogP contribution in [0.3, 0.4) is 0 Å². The predicted octanol–water partition coefficient (Wildman–Crippen LogP) is 4.37. The number of allylic oxidation sites excluding steroid dienone is 1. The molecule has 2 heterocycles. The zero-order valence-electron chi connectivity index (χ0n) is 14.3. The van der Waals surface area contributed by atoms with Crippen LogP contribution in [0.25, 0.3) is 10.9 Å². The highest BCUT2D eigenvalue weighted by molar-refractivity contribution is 9.10. The lowest BCUT2D eigenvalue weighted by molar-refractivity contribution is -0.906. The molecule has 4 heteroatoms. The van der Waals surface area contributed by atoms with E-state index >= 15 is 0 Å². The second kappa shape index (κ2) is 6.08. The molecule has 1 atom stereocenters. The topological polar surface area (TPSA) is 25.0 Å². The smallest absolute Gasteiger partial charge is 0.183 e. The molecule has 1 aromatic carbocycles. The summed E-state index contributed by atoms with van der Waals surface area (Å²) < 4.78 is 7.70. The Morgan fingerprint density at radius 3 is 2.87 bits per heavy atom. The lowest BCUT2D eigenvalue weighted by Gasteiger charge is -2.28. The van der Waals surface area contributed by atoms with Gasteiger partial charge < -0.3 is 14.2 Å².